The average Bonchev–Trinajstić information content (AvgIpc) is 2.69. The molecule has 2 N–H and O–H groups in total. The van der Waals surface area contributed by atoms with Crippen LogP contribution in [0.2, 0.25) is 0 Å². The number of aliphatic imine (C=N–C) groups is 1. The van der Waals surface area contributed by atoms with E-state index in [0.29, 0.717) is 0 Å². The first-order valence-electron chi connectivity index (χ1n) is 10.1. The number of nitrogens with one attached hydrogen (secondary N) is 1. The topological polar surface area (TPSA) is 44.6 Å². The van der Waals surface area contributed by atoms with Crippen LogP contribution in [0.25, 0.3) is 0 Å². The van der Waals surface area contributed by atoms with Crippen LogP contribution in [0.5, 0.6) is 0 Å². The van der Waals surface area contributed by atoms with Crippen molar-refractivity contribution in [2.75, 3.05) is 6.54 Å². The molecule has 4 rings (SSSR count). The molecule has 2 heterocycles. The first kappa shape index (κ1) is 18.1. The van der Waals surface area contributed by atoms with Crippen LogP contribution in [0.15, 0.2) is 83.1 Å². The molecule has 3 unspecified atom stereocenters. The Morgan fingerprint density at radius 1 is 1.15 bits per heavy atom. The van der Waals surface area contributed by atoms with Crippen molar-refractivity contribution in [2.24, 2.45) is 10.9 Å². The lowest BCUT2D eigenvalue weighted by atomic mass is 9.82. The minimum Gasteiger partial charge on any atom is -0.387 e. The van der Waals surface area contributed by atoms with Gasteiger partial charge in [0, 0.05) is 29.8 Å². The van der Waals surface area contributed by atoms with Gasteiger partial charge in [0.05, 0.1) is 6.10 Å². The fraction of sp³-hybridized carbons (Fsp3) is 0.375. The van der Waals surface area contributed by atoms with Gasteiger partial charge in [-0.05, 0) is 43.0 Å². The third-order valence-corrected chi connectivity index (χ3v) is 5.60. The van der Waals surface area contributed by atoms with Crippen molar-refractivity contribution in [3.05, 3.63) is 83.6 Å². The lowest BCUT2D eigenvalue weighted by Gasteiger charge is -2.34. The maximum Gasteiger partial charge on any atom is 0.0916 e. The van der Waals surface area contributed by atoms with E-state index in [9.17, 15) is 5.11 Å². The normalized spacial score (nSPS) is 29.3. The van der Waals surface area contributed by atoms with E-state index in [2.05, 4.69) is 66.0 Å². The fourth-order valence-electron chi connectivity index (χ4n) is 4.17. The Bertz CT molecular complexity index is 795. The summed E-state index contributed by atoms with van der Waals surface area (Å²) in [5.74, 6) is 0.0631. The number of aliphatic hydroxyl groups is 1. The molecule has 2 aliphatic heterocycles. The van der Waals surface area contributed by atoms with E-state index in [1.807, 2.05) is 6.07 Å². The Balaban J connectivity index is 1.67. The van der Waals surface area contributed by atoms with Crippen molar-refractivity contribution >= 4 is 5.71 Å². The van der Waals surface area contributed by atoms with E-state index < -0.39 is 6.10 Å². The number of piperidine rings is 1. The number of nitrogens with zero attached hydrogens (tertiary/aromatic N) is 1. The summed E-state index contributed by atoms with van der Waals surface area (Å²) in [6.07, 6.45) is 17.4. The Labute approximate surface area is 161 Å². The van der Waals surface area contributed by atoms with Crippen LogP contribution in [-0.2, 0) is 6.42 Å². The van der Waals surface area contributed by atoms with Crippen molar-refractivity contribution in [1.82, 2.24) is 5.32 Å². The molecule has 1 aromatic carbocycles. The second kappa shape index (κ2) is 8.64. The van der Waals surface area contributed by atoms with Crippen molar-refractivity contribution in [1.29, 1.82) is 0 Å². The van der Waals surface area contributed by atoms with Gasteiger partial charge in [-0.15, -0.1) is 0 Å². The van der Waals surface area contributed by atoms with Gasteiger partial charge < -0.3 is 10.4 Å². The zero-order valence-corrected chi connectivity index (χ0v) is 15.7. The lowest BCUT2D eigenvalue weighted by molar-refractivity contribution is 0.138. The summed E-state index contributed by atoms with van der Waals surface area (Å²) in [7, 11) is 0. The molecule has 0 aromatic heterocycles. The molecule has 27 heavy (non-hydrogen) atoms. The molecule has 0 bridgehead atoms. The minimum absolute atomic E-state index is 0.0631. The summed E-state index contributed by atoms with van der Waals surface area (Å²) in [6, 6.07) is 10.6. The van der Waals surface area contributed by atoms with Gasteiger partial charge in [-0.3, -0.25) is 4.99 Å². The smallest absolute Gasteiger partial charge is 0.0916 e. The number of aliphatic hydroxyl groups excluding tert-OH is 1. The summed E-state index contributed by atoms with van der Waals surface area (Å²) >= 11 is 0. The zero-order valence-electron chi connectivity index (χ0n) is 15.7. The average molecular weight is 361 g/mol. The summed E-state index contributed by atoms with van der Waals surface area (Å²) < 4.78 is 0. The largest absolute Gasteiger partial charge is 0.387 e. The van der Waals surface area contributed by atoms with E-state index in [0.717, 1.165) is 42.8 Å². The SMILES string of the molecule is OC(C1=CC(Cc2ccccc2)=N/C2=C/C/C=C\C=CC12)C1CCCCN1. The predicted octanol–water partition coefficient (Wildman–Crippen LogP) is 4.13. The minimum atomic E-state index is -0.479. The number of dihydropyridines is 1. The standard InChI is InChI=1S/C24H28N2O/c27-24(23-14-8-9-15-25-23)21-17-19(16-18-10-4-3-5-11-18)26-22-13-7-2-1-6-12-20(21)22/h1-6,10-13,17,20,23-25,27H,7-9,14-16H2/b2-1-,12-6?,22-13+. The summed E-state index contributed by atoms with van der Waals surface area (Å²) in [6.45, 7) is 0.992. The summed E-state index contributed by atoms with van der Waals surface area (Å²) in [5.41, 5.74) is 4.42. The van der Waals surface area contributed by atoms with E-state index >= 15 is 0 Å². The molecule has 3 aliphatic rings. The molecular formula is C24H28N2O. The van der Waals surface area contributed by atoms with Crippen LogP contribution in [0.3, 0.4) is 0 Å². The van der Waals surface area contributed by atoms with Gasteiger partial charge in [0.15, 0.2) is 0 Å². The van der Waals surface area contributed by atoms with Gasteiger partial charge >= 0.3 is 0 Å². The highest BCUT2D eigenvalue weighted by molar-refractivity contribution is 5.99. The van der Waals surface area contributed by atoms with E-state index in [-0.39, 0.29) is 12.0 Å². The number of hydrogen-bond acceptors (Lipinski definition) is 3. The van der Waals surface area contributed by atoms with Crippen LogP contribution in [0.4, 0.5) is 0 Å². The number of benzene rings is 1. The van der Waals surface area contributed by atoms with Crippen molar-refractivity contribution in [3.63, 3.8) is 0 Å². The third-order valence-electron chi connectivity index (χ3n) is 5.60. The highest BCUT2D eigenvalue weighted by atomic mass is 16.3. The molecule has 140 valence electrons. The highest BCUT2D eigenvalue weighted by Gasteiger charge is 2.32. The number of hydrogen-bond donors (Lipinski definition) is 2. The molecule has 0 saturated carbocycles. The third kappa shape index (κ3) is 4.37. The van der Waals surface area contributed by atoms with Gasteiger partial charge in [0.2, 0.25) is 0 Å². The Hall–Kier alpha value is -2.23. The quantitative estimate of drug-likeness (QED) is 0.848. The molecule has 0 radical (unpaired) electrons. The number of rotatable bonds is 4. The Morgan fingerprint density at radius 3 is 2.85 bits per heavy atom. The molecule has 0 amide bonds. The monoisotopic (exact) mass is 360 g/mol. The number of fused-ring (bicyclic) bond motifs is 1. The second-order valence-electron chi connectivity index (χ2n) is 7.57. The fourth-order valence-corrected chi connectivity index (χ4v) is 4.17. The zero-order chi connectivity index (χ0) is 18.5. The molecular weight excluding hydrogens is 332 g/mol. The van der Waals surface area contributed by atoms with Gasteiger partial charge in [-0.1, -0.05) is 67.1 Å². The van der Waals surface area contributed by atoms with E-state index in [1.165, 1.54) is 18.4 Å². The van der Waals surface area contributed by atoms with Crippen LogP contribution < -0.4 is 5.32 Å². The molecule has 3 heteroatoms. The highest BCUT2D eigenvalue weighted by Crippen LogP contribution is 2.33. The van der Waals surface area contributed by atoms with Gasteiger partial charge in [-0.2, -0.15) is 0 Å². The second-order valence-corrected chi connectivity index (χ2v) is 7.57. The van der Waals surface area contributed by atoms with Crippen LogP contribution >= 0.6 is 0 Å². The molecule has 1 aliphatic carbocycles. The first-order chi connectivity index (χ1) is 13.3. The maximum absolute atomic E-state index is 11.2. The summed E-state index contributed by atoms with van der Waals surface area (Å²) in [4.78, 5) is 4.96. The van der Waals surface area contributed by atoms with Crippen LogP contribution in [0, 0.1) is 5.92 Å². The molecule has 0 spiro atoms. The Morgan fingerprint density at radius 2 is 2.04 bits per heavy atom. The molecule has 3 nitrogen and oxygen atoms in total. The van der Waals surface area contributed by atoms with E-state index in [4.69, 9.17) is 4.99 Å². The maximum atomic E-state index is 11.2. The molecule has 1 fully saturated rings. The van der Waals surface area contributed by atoms with Crippen molar-refractivity contribution < 1.29 is 5.11 Å². The molecule has 1 saturated heterocycles. The van der Waals surface area contributed by atoms with Gasteiger partial charge in [0.25, 0.3) is 0 Å². The Kier molecular flexibility index (Phi) is 5.81. The molecule has 3 atom stereocenters. The van der Waals surface area contributed by atoms with Crippen molar-refractivity contribution in [2.45, 2.75) is 44.2 Å². The molecule has 1 aromatic rings. The van der Waals surface area contributed by atoms with Gasteiger partial charge in [-0.25, -0.2) is 0 Å². The van der Waals surface area contributed by atoms with Crippen LogP contribution in [0.1, 0.15) is 31.2 Å². The predicted molar refractivity (Wildman–Crippen MR) is 112 cm³/mol. The number of allylic oxidation sites excluding steroid dienone is 6. The lowest BCUT2D eigenvalue weighted by Crippen LogP contribution is -2.45. The van der Waals surface area contributed by atoms with Gasteiger partial charge in [0.1, 0.15) is 0 Å². The first-order valence-corrected chi connectivity index (χ1v) is 10.1. The van der Waals surface area contributed by atoms with Crippen molar-refractivity contribution in [3.8, 4) is 0 Å². The summed E-state index contributed by atoms with van der Waals surface area (Å²) in [5, 5.41) is 14.7. The van der Waals surface area contributed by atoms with E-state index in [1.54, 1.807) is 0 Å². The van der Waals surface area contributed by atoms with Crippen LogP contribution in [-0.4, -0.2) is 29.5 Å².